The van der Waals surface area contributed by atoms with Crippen molar-refractivity contribution >= 4 is 17.3 Å². The van der Waals surface area contributed by atoms with E-state index in [-0.39, 0.29) is 5.56 Å². The van der Waals surface area contributed by atoms with Crippen LogP contribution in [0.15, 0.2) is 40.3 Å². The van der Waals surface area contributed by atoms with Gasteiger partial charge in [0.1, 0.15) is 17.0 Å². The molecule has 0 unspecified atom stereocenters. The Balaban J connectivity index is 1.95. The van der Waals surface area contributed by atoms with Crippen molar-refractivity contribution < 1.29 is 14.3 Å². The van der Waals surface area contributed by atoms with Crippen LogP contribution in [0.25, 0.3) is 22.0 Å². The Bertz CT molecular complexity index is 817. The summed E-state index contributed by atoms with van der Waals surface area (Å²) >= 11 is 1.51. The monoisotopic (exact) mass is 299 g/mol. The van der Waals surface area contributed by atoms with Crippen LogP contribution in [0.1, 0.15) is 21.5 Å². The Labute approximate surface area is 125 Å². The van der Waals surface area contributed by atoms with Gasteiger partial charge in [-0.25, -0.2) is 9.78 Å². The molecule has 0 radical (unpaired) electrons. The summed E-state index contributed by atoms with van der Waals surface area (Å²) in [7, 11) is 0. The first kappa shape index (κ1) is 13.6. The minimum atomic E-state index is -1.00. The van der Waals surface area contributed by atoms with Gasteiger partial charge in [0.15, 0.2) is 5.76 Å². The fourth-order valence-corrected chi connectivity index (χ4v) is 2.78. The molecule has 1 aromatic carbocycles. The highest BCUT2D eigenvalue weighted by Crippen LogP contribution is 2.30. The second-order valence-electron chi connectivity index (χ2n) is 4.84. The maximum Gasteiger partial charge on any atom is 0.338 e. The van der Waals surface area contributed by atoms with Crippen LogP contribution in [0.4, 0.5) is 0 Å². The van der Waals surface area contributed by atoms with Gasteiger partial charge in [-0.05, 0) is 31.0 Å². The Hall–Kier alpha value is -2.40. The van der Waals surface area contributed by atoms with Crippen LogP contribution in [0.5, 0.6) is 0 Å². The van der Waals surface area contributed by atoms with Gasteiger partial charge in [-0.3, -0.25) is 0 Å². The van der Waals surface area contributed by atoms with Gasteiger partial charge in [-0.15, -0.1) is 11.3 Å². The zero-order valence-corrected chi connectivity index (χ0v) is 12.4. The lowest BCUT2D eigenvalue weighted by Gasteiger charge is -2.01. The number of aromatic carboxylic acids is 1. The van der Waals surface area contributed by atoms with Crippen molar-refractivity contribution in [2.75, 3.05) is 0 Å². The maximum atomic E-state index is 10.9. The average molecular weight is 299 g/mol. The predicted octanol–water partition coefficient (Wildman–Crippen LogP) is 4.39. The van der Waals surface area contributed by atoms with E-state index in [4.69, 9.17) is 9.52 Å². The van der Waals surface area contributed by atoms with Crippen molar-refractivity contribution in [3.05, 3.63) is 52.6 Å². The summed E-state index contributed by atoms with van der Waals surface area (Å²) in [5.74, 6) is -0.534. The molecule has 0 saturated carbocycles. The van der Waals surface area contributed by atoms with Crippen molar-refractivity contribution in [3.8, 4) is 22.0 Å². The Kier molecular flexibility index (Phi) is 3.35. The molecule has 0 fully saturated rings. The largest absolute Gasteiger partial charge is 0.478 e. The number of hydrogen-bond acceptors (Lipinski definition) is 4. The molecule has 1 N–H and O–H groups in total. The molecular formula is C16H13NO3S. The number of benzene rings is 1. The van der Waals surface area contributed by atoms with Crippen LogP contribution < -0.4 is 0 Å². The van der Waals surface area contributed by atoms with Crippen molar-refractivity contribution in [1.82, 2.24) is 4.98 Å². The SMILES string of the molecule is Cc1ccc(-c2nc(-c3cc(C(=O)O)co3)cs2)cc1C. The molecule has 3 aromatic rings. The summed E-state index contributed by atoms with van der Waals surface area (Å²) in [6, 6.07) is 7.70. The first-order valence-corrected chi connectivity index (χ1v) is 7.28. The third-order valence-corrected chi connectivity index (χ3v) is 4.25. The van der Waals surface area contributed by atoms with Gasteiger partial charge < -0.3 is 9.52 Å². The van der Waals surface area contributed by atoms with Crippen molar-refractivity contribution in [1.29, 1.82) is 0 Å². The van der Waals surface area contributed by atoms with Crippen molar-refractivity contribution in [2.45, 2.75) is 13.8 Å². The molecule has 21 heavy (non-hydrogen) atoms. The molecule has 0 aliphatic rings. The second kappa shape index (κ2) is 5.18. The quantitative estimate of drug-likeness (QED) is 0.779. The number of aryl methyl sites for hydroxylation is 2. The Morgan fingerprint density at radius 1 is 1.24 bits per heavy atom. The summed E-state index contributed by atoms with van der Waals surface area (Å²) in [5.41, 5.74) is 4.30. The van der Waals surface area contributed by atoms with Crippen LogP contribution in [0, 0.1) is 13.8 Å². The first-order chi connectivity index (χ1) is 10.0. The molecule has 106 valence electrons. The molecule has 5 heteroatoms. The zero-order chi connectivity index (χ0) is 15.0. The number of carboxylic acid groups (broad SMARTS) is 1. The van der Waals surface area contributed by atoms with Crippen LogP contribution in [0.3, 0.4) is 0 Å². The zero-order valence-electron chi connectivity index (χ0n) is 11.6. The number of carbonyl (C=O) groups is 1. The second-order valence-corrected chi connectivity index (χ2v) is 5.70. The van der Waals surface area contributed by atoms with E-state index in [2.05, 4.69) is 31.0 Å². The van der Waals surface area contributed by atoms with Crippen molar-refractivity contribution in [3.63, 3.8) is 0 Å². The van der Waals surface area contributed by atoms with Gasteiger partial charge in [0, 0.05) is 17.0 Å². The fraction of sp³-hybridized carbons (Fsp3) is 0.125. The standard InChI is InChI=1S/C16H13NO3S/c1-9-3-4-11(5-10(9)2)15-17-13(8-21-15)14-6-12(7-20-14)16(18)19/h3-8H,1-2H3,(H,18,19). The molecule has 0 atom stereocenters. The van der Waals surface area contributed by atoms with Gasteiger partial charge in [-0.1, -0.05) is 12.1 Å². The van der Waals surface area contributed by atoms with Gasteiger partial charge >= 0.3 is 5.97 Å². The molecule has 0 bridgehead atoms. The summed E-state index contributed by atoms with van der Waals surface area (Å²) in [5, 5.41) is 11.7. The first-order valence-electron chi connectivity index (χ1n) is 6.40. The highest BCUT2D eigenvalue weighted by molar-refractivity contribution is 7.13. The molecule has 0 aliphatic carbocycles. The van der Waals surface area contributed by atoms with E-state index >= 15 is 0 Å². The smallest absolute Gasteiger partial charge is 0.338 e. The molecular weight excluding hydrogens is 286 g/mol. The lowest BCUT2D eigenvalue weighted by molar-refractivity contribution is 0.0696. The van der Waals surface area contributed by atoms with Crippen LogP contribution >= 0.6 is 11.3 Å². The van der Waals surface area contributed by atoms with E-state index in [9.17, 15) is 4.79 Å². The van der Waals surface area contributed by atoms with E-state index in [1.807, 2.05) is 11.4 Å². The number of furan rings is 1. The van der Waals surface area contributed by atoms with Gasteiger partial charge in [0.2, 0.25) is 0 Å². The molecule has 0 aliphatic heterocycles. The van der Waals surface area contributed by atoms with Gasteiger partial charge in [0.05, 0.1) is 5.56 Å². The lowest BCUT2D eigenvalue weighted by atomic mass is 10.1. The number of thiazole rings is 1. The Morgan fingerprint density at radius 2 is 2.05 bits per heavy atom. The average Bonchev–Trinajstić information content (AvgIpc) is 3.09. The maximum absolute atomic E-state index is 10.9. The summed E-state index contributed by atoms with van der Waals surface area (Å²) < 4.78 is 5.27. The number of carboxylic acids is 1. The minimum absolute atomic E-state index is 0.130. The molecule has 0 saturated heterocycles. The summed E-state index contributed by atoms with van der Waals surface area (Å²) in [6.07, 6.45) is 1.23. The topological polar surface area (TPSA) is 63.3 Å². The summed E-state index contributed by atoms with van der Waals surface area (Å²) in [6.45, 7) is 4.14. The number of hydrogen-bond donors (Lipinski definition) is 1. The lowest BCUT2D eigenvalue weighted by Crippen LogP contribution is -1.91. The molecule has 2 aromatic heterocycles. The van der Waals surface area contributed by atoms with Crippen LogP contribution in [-0.2, 0) is 0 Å². The van der Waals surface area contributed by atoms with Crippen LogP contribution in [0.2, 0.25) is 0 Å². The normalized spacial score (nSPS) is 10.8. The third-order valence-electron chi connectivity index (χ3n) is 3.36. The number of aromatic nitrogens is 1. The highest BCUT2D eigenvalue weighted by atomic mass is 32.1. The molecule has 4 nitrogen and oxygen atoms in total. The third kappa shape index (κ3) is 2.60. The molecule has 3 rings (SSSR count). The fourth-order valence-electron chi connectivity index (χ4n) is 1.98. The van der Waals surface area contributed by atoms with E-state index < -0.39 is 5.97 Å². The van der Waals surface area contributed by atoms with E-state index in [1.54, 1.807) is 0 Å². The summed E-state index contributed by atoms with van der Waals surface area (Å²) in [4.78, 5) is 15.4. The van der Waals surface area contributed by atoms with E-state index in [1.165, 1.54) is 34.8 Å². The number of nitrogens with zero attached hydrogens (tertiary/aromatic N) is 1. The van der Waals surface area contributed by atoms with Crippen LogP contribution in [-0.4, -0.2) is 16.1 Å². The number of rotatable bonds is 3. The van der Waals surface area contributed by atoms with Gasteiger partial charge in [0.25, 0.3) is 0 Å². The highest BCUT2D eigenvalue weighted by Gasteiger charge is 2.13. The predicted molar refractivity (Wildman–Crippen MR) is 81.7 cm³/mol. The molecule has 0 amide bonds. The minimum Gasteiger partial charge on any atom is -0.478 e. The van der Waals surface area contributed by atoms with E-state index in [0.29, 0.717) is 11.5 Å². The van der Waals surface area contributed by atoms with Gasteiger partial charge in [-0.2, -0.15) is 0 Å². The van der Waals surface area contributed by atoms with E-state index in [0.717, 1.165) is 10.6 Å². The molecule has 2 heterocycles. The van der Waals surface area contributed by atoms with Crippen molar-refractivity contribution in [2.24, 2.45) is 0 Å². The molecule has 0 spiro atoms. The Morgan fingerprint density at radius 3 is 2.71 bits per heavy atom.